The molecule has 1 unspecified atom stereocenters. The largest absolute Gasteiger partial charge is 0.478 e. The van der Waals surface area contributed by atoms with Crippen molar-refractivity contribution in [3.05, 3.63) is 58.1 Å². The van der Waals surface area contributed by atoms with Crippen LogP contribution >= 0.6 is 23.2 Å². The van der Waals surface area contributed by atoms with Crippen molar-refractivity contribution in [1.82, 2.24) is 0 Å². The second-order valence-electron chi connectivity index (χ2n) is 4.71. The summed E-state index contributed by atoms with van der Waals surface area (Å²) in [6, 6.07) is 11.5. The topological polar surface area (TPSA) is 69.6 Å². The Kier molecular flexibility index (Phi) is 3.68. The first kappa shape index (κ1) is 14.7. The lowest BCUT2D eigenvalue weighted by Gasteiger charge is -2.35. The summed E-state index contributed by atoms with van der Waals surface area (Å²) in [5.41, 5.74) is 0.971. The van der Waals surface area contributed by atoms with E-state index in [1.165, 1.54) is 12.1 Å². The van der Waals surface area contributed by atoms with E-state index in [0.29, 0.717) is 16.4 Å². The minimum Gasteiger partial charge on any atom is -0.478 e. The third kappa shape index (κ3) is 2.38. The van der Waals surface area contributed by atoms with Crippen LogP contribution in [0.15, 0.2) is 42.5 Å². The van der Waals surface area contributed by atoms with Crippen molar-refractivity contribution in [2.45, 2.75) is 6.17 Å². The zero-order valence-electron chi connectivity index (χ0n) is 11.1. The Balaban J connectivity index is 2.17. The van der Waals surface area contributed by atoms with Gasteiger partial charge in [0.15, 0.2) is 0 Å². The van der Waals surface area contributed by atoms with Gasteiger partial charge in [0.2, 0.25) is 6.17 Å². The molecule has 1 aliphatic heterocycles. The third-order valence-electron chi connectivity index (χ3n) is 3.31. The number of nitrogens with zero attached hydrogens (tertiary/aromatic N) is 1. The molecule has 1 heterocycles. The van der Waals surface area contributed by atoms with Crippen LogP contribution in [0.4, 0.5) is 11.4 Å². The highest BCUT2D eigenvalue weighted by Gasteiger charge is 2.38. The van der Waals surface area contributed by atoms with Gasteiger partial charge in [-0.15, -0.1) is 0 Å². The van der Waals surface area contributed by atoms with E-state index in [9.17, 15) is 14.7 Å². The van der Waals surface area contributed by atoms with Crippen LogP contribution in [-0.4, -0.2) is 23.1 Å². The minimum atomic E-state index is -1.24. The highest BCUT2D eigenvalue weighted by Crippen LogP contribution is 2.36. The molecule has 2 N–H and O–H groups in total. The van der Waals surface area contributed by atoms with Gasteiger partial charge in [-0.2, -0.15) is 0 Å². The molecule has 0 spiro atoms. The van der Waals surface area contributed by atoms with Gasteiger partial charge >= 0.3 is 5.97 Å². The van der Waals surface area contributed by atoms with Crippen molar-refractivity contribution in [3.8, 4) is 0 Å². The summed E-state index contributed by atoms with van der Waals surface area (Å²) < 4.78 is 0. The second-order valence-corrected chi connectivity index (χ2v) is 5.55. The number of rotatable bonds is 2. The molecule has 1 amide bonds. The smallest absolute Gasteiger partial charge is 0.347 e. The van der Waals surface area contributed by atoms with E-state index in [-0.39, 0.29) is 10.6 Å². The van der Waals surface area contributed by atoms with Gasteiger partial charge in [0.1, 0.15) is 0 Å². The fourth-order valence-electron chi connectivity index (χ4n) is 2.38. The van der Waals surface area contributed by atoms with Crippen LogP contribution in [0.2, 0.25) is 10.0 Å². The summed E-state index contributed by atoms with van der Waals surface area (Å²) in [5, 5.41) is 12.7. The van der Waals surface area contributed by atoms with Crippen LogP contribution < -0.4 is 10.2 Å². The normalized spacial score (nSPS) is 16.9. The number of carboxylic acids is 1. The number of carbonyl (C=O) groups is 2. The third-order valence-corrected chi connectivity index (χ3v) is 3.82. The monoisotopic (exact) mass is 336 g/mol. The molecule has 7 heteroatoms. The van der Waals surface area contributed by atoms with E-state index in [4.69, 9.17) is 23.2 Å². The maximum absolute atomic E-state index is 12.8. The number of hydrogen-bond acceptors (Lipinski definition) is 3. The number of aliphatic carboxylic acids is 1. The van der Waals surface area contributed by atoms with Crippen LogP contribution in [0.3, 0.4) is 0 Å². The molecule has 2 aromatic carbocycles. The summed E-state index contributed by atoms with van der Waals surface area (Å²) in [7, 11) is 0. The Hall–Kier alpha value is -2.24. The summed E-state index contributed by atoms with van der Waals surface area (Å²) in [5.74, 6) is -1.67. The molecule has 0 aliphatic carbocycles. The van der Waals surface area contributed by atoms with Gasteiger partial charge in [-0.3, -0.25) is 9.69 Å². The van der Waals surface area contributed by atoms with Gasteiger partial charge in [0.05, 0.1) is 16.3 Å². The average Bonchev–Trinajstić information content (AvgIpc) is 2.46. The number of hydrogen-bond donors (Lipinski definition) is 2. The molecular formula is C15H10Cl2N2O3. The molecule has 1 atom stereocenters. The Morgan fingerprint density at radius 2 is 1.86 bits per heavy atom. The Labute approximate surface area is 136 Å². The summed E-state index contributed by atoms with van der Waals surface area (Å²) in [4.78, 5) is 25.5. The summed E-state index contributed by atoms with van der Waals surface area (Å²) >= 11 is 12.0. The van der Waals surface area contributed by atoms with Crippen molar-refractivity contribution in [1.29, 1.82) is 0 Å². The zero-order chi connectivity index (χ0) is 15.9. The first-order valence-electron chi connectivity index (χ1n) is 6.36. The fourth-order valence-corrected chi connectivity index (χ4v) is 2.96. The molecule has 0 saturated carbocycles. The molecule has 0 bridgehead atoms. The van der Waals surface area contributed by atoms with E-state index < -0.39 is 18.0 Å². The molecule has 112 valence electrons. The van der Waals surface area contributed by atoms with Crippen molar-refractivity contribution in [2.24, 2.45) is 0 Å². The predicted octanol–water partition coefficient (Wildman–Crippen LogP) is 3.48. The number of para-hydroxylation sites is 1. The van der Waals surface area contributed by atoms with Crippen LogP contribution in [0.25, 0.3) is 0 Å². The number of nitrogens with one attached hydrogen (secondary N) is 1. The lowest BCUT2D eigenvalue weighted by atomic mass is 10.1. The van der Waals surface area contributed by atoms with Crippen molar-refractivity contribution in [2.75, 3.05) is 10.2 Å². The second kappa shape index (κ2) is 5.51. The maximum atomic E-state index is 12.8. The van der Waals surface area contributed by atoms with Gasteiger partial charge < -0.3 is 10.4 Å². The number of fused-ring (bicyclic) bond motifs is 1. The van der Waals surface area contributed by atoms with Crippen LogP contribution in [-0.2, 0) is 4.79 Å². The van der Waals surface area contributed by atoms with Gasteiger partial charge in [-0.05, 0) is 24.3 Å². The highest BCUT2D eigenvalue weighted by atomic mass is 35.5. The standard InChI is InChI=1S/C15H10Cl2N2O3/c16-8-6-10(17)12-11(7-8)18-13(15(21)22)19(14(12)20)9-4-2-1-3-5-9/h1-7,13,18H,(H,21,22). The Morgan fingerprint density at radius 1 is 1.18 bits per heavy atom. The van der Waals surface area contributed by atoms with Crippen LogP contribution in [0, 0.1) is 0 Å². The molecule has 3 rings (SSSR count). The summed E-state index contributed by atoms with van der Waals surface area (Å²) in [6.45, 7) is 0. The molecule has 0 aromatic heterocycles. The molecule has 22 heavy (non-hydrogen) atoms. The number of amides is 1. The maximum Gasteiger partial charge on any atom is 0.347 e. The zero-order valence-corrected chi connectivity index (χ0v) is 12.6. The molecule has 5 nitrogen and oxygen atoms in total. The van der Waals surface area contributed by atoms with Crippen molar-refractivity contribution < 1.29 is 14.7 Å². The van der Waals surface area contributed by atoms with Gasteiger partial charge in [0.25, 0.3) is 5.91 Å². The predicted molar refractivity (Wildman–Crippen MR) is 84.8 cm³/mol. The molecule has 2 aromatic rings. The number of halogens is 2. The molecule has 0 saturated heterocycles. The van der Waals surface area contributed by atoms with E-state index >= 15 is 0 Å². The van der Waals surface area contributed by atoms with Gasteiger partial charge in [-0.25, -0.2) is 4.79 Å². The Bertz CT molecular complexity index is 765. The van der Waals surface area contributed by atoms with E-state index in [0.717, 1.165) is 4.90 Å². The van der Waals surface area contributed by atoms with Crippen LogP contribution in [0.1, 0.15) is 10.4 Å². The molecule has 1 aliphatic rings. The molecule has 0 fully saturated rings. The fraction of sp³-hybridized carbons (Fsp3) is 0.0667. The van der Waals surface area contributed by atoms with Crippen molar-refractivity contribution in [3.63, 3.8) is 0 Å². The highest BCUT2D eigenvalue weighted by molar-refractivity contribution is 6.38. The van der Waals surface area contributed by atoms with E-state index in [1.807, 2.05) is 0 Å². The number of carbonyl (C=O) groups excluding carboxylic acids is 1. The molecule has 0 radical (unpaired) electrons. The van der Waals surface area contributed by atoms with Crippen LogP contribution in [0.5, 0.6) is 0 Å². The van der Waals surface area contributed by atoms with Gasteiger partial charge in [0, 0.05) is 10.7 Å². The minimum absolute atomic E-state index is 0.171. The van der Waals surface area contributed by atoms with Crippen molar-refractivity contribution >= 4 is 46.5 Å². The number of anilines is 2. The molecular weight excluding hydrogens is 327 g/mol. The lowest BCUT2D eigenvalue weighted by molar-refractivity contribution is -0.137. The quantitative estimate of drug-likeness (QED) is 0.880. The first-order valence-corrected chi connectivity index (χ1v) is 7.11. The summed E-state index contributed by atoms with van der Waals surface area (Å²) in [6.07, 6.45) is -1.24. The Morgan fingerprint density at radius 3 is 2.50 bits per heavy atom. The lowest BCUT2D eigenvalue weighted by Crippen LogP contribution is -2.53. The van der Waals surface area contributed by atoms with E-state index in [1.54, 1.807) is 30.3 Å². The number of carboxylic acid groups (broad SMARTS) is 1. The SMILES string of the molecule is O=C(O)C1Nc2cc(Cl)cc(Cl)c2C(=O)N1c1ccccc1. The van der Waals surface area contributed by atoms with Gasteiger partial charge in [-0.1, -0.05) is 41.4 Å². The number of benzene rings is 2. The average molecular weight is 337 g/mol. The van der Waals surface area contributed by atoms with E-state index in [2.05, 4.69) is 5.32 Å². The first-order chi connectivity index (χ1) is 10.5.